The lowest BCUT2D eigenvalue weighted by molar-refractivity contribution is 0.153. The van der Waals surface area contributed by atoms with E-state index in [1.807, 2.05) is 36.4 Å². The molecule has 1 aliphatic heterocycles. The molecule has 24 heavy (non-hydrogen) atoms. The highest BCUT2D eigenvalue weighted by molar-refractivity contribution is 5.43. The number of benzene rings is 2. The van der Waals surface area contributed by atoms with Gasteiger partial charge in [-0.25, -0.2) is 0 Å². The van der Waals surface area contributed by atoms with Crippen LogP contribution in [-0.2, 0) is 13.2 Å². The van der Waals surface area contributed by atoms with Crippen molar-refractivity contribution in [2.75, 3.05) is 20.3 Å². The Kier molecular flexibility index (Phi) is 5.72. The van der Waals surface area contributed by atoms with Crippen molar-refractivity contribution in [3.8, 4) is 11.5 Å². The highest BCUT2D eigenvalue weighted by Gasteiger charge is 2.23. The van der Waals surface area contributed by atoms with E-state index in [-0.39, 0.29) is 12.6 Å². The number of hydrogen-bond donors (Lipinski definition) is 1. The van der Waals surface area contributed by atoms with Gasteiger partial charge in [0.05, 0.1) is 13.7 Å². The Bertz CT molecular complexity index is 645. The third kappa shape index (κ3) is 4.08. The van der Waals surface area contributed by atoms with Crippen LogP contribution in [0.25, 0.3) is 0 Å². The average Bonchev–Trinajstić information content (AvgIpc) is 3.08. The lowest BCUT2D eigenvalue weighted by Gasteiger charge is -2.23. The van der Waals surface area contributed by atoms with Crippen molar-refractivity contribution in [1.82, 2.24) is 4.90 Å². The summed E-state index contributed by atoms with van der Waals surface area (Å²) >= 11 is 0. The van der Waals surface area contributed by atoms with E-state index >= 15 is 0 Å². The van der Waals surface area contributed by atoms with Gasteiger partial charge in [0.25, 0.3) is 0 Å². The number of hydrogen-bond acceptors (Lipinski definition) is 4. The molecule has 128 valence electrons. The number of nitrogens with zero attached hydrogens (tertiary/aromatic N) is 1. The summed E-state index contributed by atoms with van der Waals surface area (Å²) in [5.74, 6) is 1.51. The van der Waals surface area contributed by atoms with Crippen molar-refractivity contribution < 1.29 is 14.6 Å². The van der Waals surface area contributed by atoms with Crippen LogP contribution in [0.2, 0.25) is 0 Å². The molecular formula is C20H25NO3. The monoisotopic (exact) mass is 327 g/mol. The number of aliphatic hydroxyl groups excluding tert-OH is 1. The van der Waals surface area contributed by atoms with Gasteiger partial charge >= 0.3 is 0 Å². The van der Waals surface area contributed by atoms with E-state index in [0.717, 1.165) is 43.0 Å². The normalized spacial score (nSPS) is 17.8. The molecule has 0 aliphatic carbocycles. The summed E-state index contributed by atoms with van der Waals surface area (Å²) < 4.78 is 11.4. The van der Waals surface area contributed by atoms with Crippen molar-refractivity contribution in [3.05, 3.63) is 59.7 Å². The fourth-order valence-electron chi connectivity index (χ4n) is 3.21. The van der Waals surface area contributed by atoms with Crippen molar-refractivity contribution in [3.63, 3.8) is 0 Å². The van der Waals surface area contributed by atoms with Gasteiger partial charge in [0.2, 0.25) is 0 Å². The van der Waals surface area contributed by atoms with Crippen molar-refractivity contribution in [2.24, 2.45) is 0 Å². The zero-order valence-corrected chi connectivity index (χ0v) is 14.1. The Morgan fingerprint density at radius 3 is 2.67 bits per heavy atom. The third-order valence-corrected chi connectivity index (χ3v) is 4.56. The minimum absolute atomic E-state index is 0.230. The maximum absolute atomic E-state index is 9.48. The summed E-state index contributed by atoms with van der Waals surface area (Å²) in [6.45, 7) is 2.62. The lowest BCUT2D eigenvalue weighted by Crippen LogP contribution is -2.31. The molecule has 0 radical (unpaired) electrons. The van der Waals surface area contributed by atoms with Crippen LogP contribution in [-0.4, -0.2) is 36.3 Å². The molecule has 1 saturated heterocycles. The van der Waals surface area contributed by atoms with Crippen LogP contribution in [0.1, 0.15) is 24.0 Å². The van der Waals surface area contributed by atoms with Gasteiger partial charge < -0.3 is 14.6 Å². The van der Waals surface area contributed by atoms with Gasteiger partial charge in [-0.2, -0.15) is 0 Å². The van der Waals surface area contributed by atoms with Crippen LogP contribution < -0.4 is 9.47 Å². The zero-order chi connectivity index (χ0) is 16.8. The number of aliphatic hydroxyl groups is 1. The van der Waals surface area contributed by atoms with E-state index in [4.69, 9.17) is 9.47 Å². The minimum atomic E-state index is 0.230. The van der Waals surface area contributed by atoms with E-state index in [0.29, 0.717) is 6.61 Å². The quantitative estimate of drug-likeness (QED) is 0.848. The molecular weight excluding hydrogens is 302 g/mol. The number of rotatable bonds is 7. The molecule has 4 nitrogen and oxygen atoms in total. The molecule has 0 spiro atoms. The average molecular weight is 327 g/mol. The van der Waals surface area contributed by atoms with Gasteiger partial charge in [0.1, 0.15) is 6.61 Å². The predicted octanol–water partition coefficient (Wildman–Crippen LogP) is 3.23. The molecule has 0 amide bonds. The standard InChI is InChI=1S/C20H25NO3/c1-23-19-10-9-17(13-21-11-5-8-18(21)14-22)12-20(19)24-15-16-6-3-2-4-7-16/h2-4,6-7,9-10,12,18,22H,5,8,11,13-15H2,1H3. The summed E-state index contributed by atoms with van der Waals surface area (Å²) in [6.07, 6.45) is 2.22. The number of ether oxygens (including phenoxy) is 2. The second-order valence-corrected chi connectivity index (χ2v) is 6.21. The van der Waals surface area contributed by atoms with Crippen LogP contribution >= 0.6 is 0 Å². The van der Waals surface area contributed by atoms with Gasteiger partial charge in [-0.1, -0.05) is 36.4 Å². The molecule has 2 aromatic carbocycles. The van der Waals surface area contributed by atoms with Crippen LogP contribution in [0.4, 0.5) is 0 Å². The Labute approximate surface area is 143 Å². The summed E-state index contributed by atoms with van der Waals surface area (Å²) in [4.78, 5) is 2.34. The second kappa shape index (κ2) is 8.18. The van der Waals surface area contributed by atoms with Gasteiger partial charge in [0.15, 0.2) is 11.5 Å². The summed E-state index contributed by atoms with van der Waals surface area (Å²) in [7, 11) is 1.66. The first-order chi connectivity index (χ1) is 11.8. The Balaban J connectivity index is 1.70. The summed E-state index contributed by atoms with van der Waals surface area (Å²) in [5, 5.41) is 9.48. The smallest absolute Gasteiger partial charge is 0.161 e. The Morgan fingerprint density at radius 2 is 1.92 bits per heavy atom. The molecule has 1 N–H and O–H groups in total. The molecule has 2 aromatic rings. The molecule has 1 atom stereocenters. The number of likely N-dealkylation sites (tertiary alicyclic amines) is 1. The topological polar surface area (TPSA) is 41.9 Å². The lowest BCUT2D eigenvalue weighted by atomic mass is 10.1. The first kappa shape index (κ1) is 16.8. The van der Waals surface area contributed by atoms with Gasteiger partial charge in [0, 0.05) is 12.6 Å². The van der Waals surface area contributed by atoms with Crippen molar-refractivity contribution >= 4 is 0 Å². The molecule has 0 aromatic heterocycles. The molecule has 1 heterocycles. The summed E-state index contributed by atoms with van der Waals surface area (Å²) in [5.41, 5.74) is 2.31. The zero-order valence-electron chi connectivity index (χ0n) is 14.1. The van der Waals surface area contributed by atoms with Crippen molar-refractivity contribution in [1.29, 1.82) is 0 Å². The van der Waals surface area contributed by atoms with E-state index in [1.165, 1.54) is 5.56 Å². The van der Waals surface area contributed by atoms with Gasteiger partial charge in [-0.05, 0) is 42.6 Å². The second-order valence-electron chi connectivity index (χ2n) is 6.21. The van der Waals surface area contributed by atoms with Gasteiger partial charge in [-0.15, -0.1) is 0 Å². The molecule has 0 saturated carbocycles. The highest BCUT2D eigenvalue weighted by atomic mass is 16.5. The van der Waals surface area contributed by atoms with Crippen LogP contribution in [0.5, 0.6) is 11.5 Å². The maximum Gasteiger partial charge on any atom is 0.161 e. The molecule has 0 bridgehead atoms. The maximum atomic E-state index is 9.48. The van der Waals surface area contributed by atoms with E-state index in [1.54, 1.807) is 7.11 Å². The minimum Gasteiger partial charge on any atom is -0.493 e. The molecule has 3 rings (SSSR count). The van der Waals surface area contributed by atoms with Crippen molar-refractivity contribution in [2.45, 2.75) is 32.0 Å². The van der Waals surface area contributed by atoms with E-state index in [9.17, 15) is 5.11 Å². The molecule has 1 unspecified atom stereocenters. The SMILES string of the molecule is COc1ccc(CN2CCCC2CO)cc1OCc1ccccc1. The first-order valence-corrected chi connectivity index (χ1v) is 8.48. The van der Waals surface area contributed by atoms with E-state index in [2.05, 4.69) is 17.0 Å². The highest BCUT2D eigenvalue weighted by Crippen LogP contribution is 2.30. The predicted molar refractivity (Wildman–Crippen MR) is 94.3 cm³/mol. The fourth-order valence-corrected chi connectivity index (χ4v) is 3.21. The number of methoxy groups -OCH3 is 1. The molecule has 1 aliphatic rings. The fraction of sp³-hybridized carbons (Fsp3) is 0.400. The largest absolute Gasteiger partial charge is 0.493 e. The molecule has 4 heteroatoms. The van der Waals surface area contributed by atoms with Crippen LogP contribution in [0.3, 0.4) is 0 Å². The molecule has 1 fully saturated rings. The van der Waals surface area contributed by atoms with E-state index < -0.39 is 0 Å². The Morgan fingerprint density at radius 1 is 1.08 bits per heavy atom. The van der Waals surface area contributed by atoms with Crippen LogP contribution in [0, 0.1) is 0 Å². The summed E-state index contributed by atoms with van der Waals surface area (Å²) in [6, 6.07) is 16.5. The van der Waals surface area contributed by atoms with Crippen LogP contribution in [0.15, 0.2) is 48.5 Å². The first-order valence-electron chi connectivity index (χ1n) is 8.48. The van der Waals surface area contributed by atoms with Gasteiger partial charge in [-0.3, -0.25) is 4.90 Å². The Hall–Kier alpha value is -2.04. The third-order valence-electron chi connectivity index (χ3n) is 4.56.